The van der Waals surface area contributed by atoms with Gasteiger partial charge in [0.1, 0.15) is 23.8 Å². The Balaban J connectivity index is 0.00000212. The molecule has 16 nitrogen and oxygen atoms in total. The van der Waals surface area contributed by atoms with E-state index in [0.717, 1.165) is 0 Å². The fraction of sp³-hybridized carbons (Fsp3) is 0.435. The van der Waals surface area contributed by atoms with Crippen LogP contribution in [0.3, 0.4) is 0 Å². The van der Waals surface area contributed by atoms with Crippen molar-refractivity contribution in [2.45, 2.75) is 37.5 Å². The molecule has 3 atom stereocenters. The Kier molecular flexibility index (Phi) is 15.6. The molecule has 0 aliphatic rings. The average molecular weight is 606 g/mol. The maximum absolute atomic E-state index is 12.8. The van der Waals surface area contributed by atoms with Gasteiger partial charge in [-0.2, -0.15) is 13.2 Å². The van der Waals surface area contributed by atoms with Gasteiger partial charge >= 0.3 is 12.1 Å². The lowest BCUT2D eigenvalue weighted by Gasteiger charge is -2.23. The number of amidine groups is 1. The van der Waals surface area contributed by atoms with Crippen LogP contribution < -0.4 is 38.5 Å². The number of nitrogen functional groups attached to an aromatic ring is 1. The van der Waals surface area contributed by atoms with Crippen molar-refractivity contribution >= 4 is 41.4 Å². The standard InChI is InChI=1S/C21H33N9O5.C2HF3O2/c1-27-18(33)13(9-11-4-6-12(7-5-11)16(22)23)19(34)30-15(10-31)20(35)29-14(17(24)32)3-2-8-28-21(25)26;3-2(4,5)1(6)7/h4-7,13-15,31H,2-3,8-10H2,1H3,(H3,22,23)(H2,24,32)(H,27,33)(H,29,35)(H,30,34)(H4,25,26,28);(H,6,7)/t13?,14-,15?;/m0./s1. The first kappa shape index (κ1) is 37.1. The van der Waals surface area contributed by atoms with Gasteiger partial charge in [-0.05, 0) is 24.8 Å². The van der Waals surface area contributed by atoms with Crippen LogP contribution in [-0.4, -0.2) is 90.1 Å². The number of nitrogens with two attached hydrogens (primary N) is 3. The maximum Gasteiger partial charge on any atom is 0.490 e. The lowest BCUT2D eigenvalue weighted by atomic mass is 9.96. The first-order valence-electron chi connectivity index (χ1n) is 12.0. The van der Waals surface area contributed by atoms with Crippen molar-refractivity contribution < 1.29 is 47.4 Å². The van der Waals surface area contributed by atoms with Gasteiger partial charge in [-0.3, -0.25) is 30.0 Å². The number of nitrogens with one attached hydrogen (secondary N) is 6. The number of aliphatic carboxylic acids is 1. The van der Waals surface area contributed by atoms with E-state index in [9.17, 15) is 37.5 Å². The summed E-state index contributed by atoms with van der Waals surface area (Å²) in [5, 5.41) is 41.0. The number of carboxylic acids is 1. The number of carboxylic acid groups (broad SMARTS) is 1. The molecule has 19 heteroatoms. The molecule has 2 unspecified atom stereocenters. The summed E-state index contributed by atoms with van der Waals surface area (Å²) >= 11 is 0. The highest BCUT2D eigenvalue weighted by atomic mass is 19.4. The van der Waals surface area contributed by atoms with E-state index in [1.165, 1.54) is 7.05 Å². The van der Waals surface area contributed by atoms with E-state index in [-0.39, 0.29) is 31.2 Å². The molecule has 0 radical (unpaired) electrons. The van der Waals surface area contributed by atoms with Gasteiger partial charge in [-0.1, -0.05) is 24.3 Å². The molecule has 1 aromatic rings. The molecule has 0 heterocycles. The number of hydrogen-bond acceptors (Lipinski definition) is 8. The van der Waals surface area contributed by atoms with E-state index in [1.54, 1.807) is 24.3 Å². The van der Waals surface area contributed by atoms with Crippen molar-refractivity contribution in [2.75, 3.05) is 20.2 Å². The number of amides is 4. The second-order valence-corrected chi connectivity index (χ2v) is 8.47. The molecule has 0 saturated heterocycles. The molecular formula is C23H34F3N9O7. The van der Waals surface area contributed by atoms with Crippen LogP contribution in [0.25, 0.3) is 0 Å². The van der Waals surface area contributed by atoms with E-state index in [4.69, 9.17) is 37.9 Å². The lowest BCUT2D eigenvalue weighted by Crippen LogP contribution is -2.56. The summed E-state index contributed by atoms with van der Waals surface area (Å²) in [4.78, 5) is 58.4. The third kappa shape index (κ3) is 13.9. The number of rotatable bonds is 14. The minimum Gasteiger partial charge on any atom is -0.475 e. The molecule has 14 N–H and O–H groups in total. The van der Waals surface area contributed by atoms with Gasteiger partial charge in [0, 0.05) is 19.2 Å². The molecule has 0 aliphatic heterocycles. The molecule has 4 amide bonds. The van der Waals surface area contributed by atoms with Gasteiger partial charge in [0.25, 0.3) is 0 Å². The molecule has 0 aliphatic carbocycles. The molecule has 234 valence electrons. The first-order valence-corrected chi connectivity index (χ1v) is 12.0. The fourth-order valence-electron chi connectivity index (χ4n) is 3.09. The maximum atomic E-state index is 12.8. The van der Waals surface area contributed by atoms with Crippen molar-refractivity contribution in [2.24, 2.45) is 23.1 Å². The summed E-state index contributed by atoms with van der Waals surface area (Å²) in [5.74, 6) is -7.44. The molecular weight excluding hydrogens is 571 g/mol. The number of aliphatic hydroxyl groups is 1. The van der Waals surface area contributed by atoms with E-state index in [2.05, 4.69) is 21.3 Å². The Morgan fingerprint density at radius 1 is 0.929 bits per heavy atom. The first-order chi connectivity index (χ1) is 19.4. The van der Waals surface area contributed by atoms with Gasteiger partial charge in [-0.15, -0.1) is 0 Å². The van der Waals surface area contributed by atoms with Crippen LogP contribution in [0, 0.1) is 16.7 Å². The van der Waals surface area contributed by atoms with Gasteiger partial charge < -0.3 is 48.7 Å². The number of guanidine groups is 1. The SMILES string of the molecule is CNC(=O)C(Cc1ccc(C(=N)N)cc1)C(=O)NC(CO)C(=O)N[C@@H](CCCNC(=N)N)C(N)=O.O=C(O)C(F)(F)F. The summed E-state index contributed by atoms with van der Waals surface area (Å²) in [5.41, 5.74) is 17.0. The summed E-state index contributed by atoms with van der Waals surface area (Å²) in [6.45, 7) is -0.515. The molecule has 0 saturated carbocycles. The van der Waals surface area contributed by atoms with Gasteiger partial charge in [0.2, 0.25) is 23.6 Å². The van der Waals surface area contributed by atoms with E-state index in [0.29, 0.717) is 17.5 Å². The molecule has 0 spiro atoms. The number of hydrogen-bond donors (Lipinski definition) is 11. The van der Waals surface area contributed by atoms with Crippen LogP contribution in [0.5, 0.6) is 0 Å². The number of alkyl halides is 3. The second kappa shape index (κ2) is 17.7. The zero-order valence-corrected chi connectivity index (χ0v) is 22.4. The molecule has 0 bridgehead atoms. The number of primary amides is 1. The smallest absolute Gasteiger partial charge is 0.475 e. The van der Waals surface area contributed by atoms with Crippen LogP contribution in [0.2, 0.25) is 0 Å². The normalized spacial score (nSPS) is 12.7. The van der Waals surface area contributed by atoms with Gasteiger partial charge in [0.05, 0.1) is 6.61 Å². The highest BCUT2D eigenvalue weighted by Gasteiger charge is 2.38. The van der Waals surface area contributed by atoms with Gasteiger partial charge in [-0.25, -0.2) is 4.79 Å². The summed E-state index contributed by atoms with van der Waals surface area (Å²) < 4.78 is 31.7. The molecule has 42 heavy (non-hydrogen) atoms. The Morgan fingerprint density at radius 2 is 1.45 bits per heavy atom. The van der Waals surface area contributed by atoms with E-state index < -0.39 is 60.4 Å². The monoisotopic (exact) mass is 605 g/mol. The topological polar surface area (TPSA) is 300 Å². The number of aliphatic hydroxyl groups excluding tert-OH is 1. The number of halogens is 3. The number of benzene rings is 1. The second-order valence-electron chi connectivity index (χ2n) is 8.47. The van der Waals surface area contributed by atoms with Crippen molar-refractivity contribution in [3.63, 3.8) is 0 Å². The third-order valence-corrected chi connectivity index (χ3v) is 5.29. The van der Waals surface area contributed by atoms with Crippen molar-refractivity contribution in [1.29, 1.82) is 10.8 Å². The van der Waals surface area contributed by atoms with Crippen LogP contribution in [-0.2, 0) is 30.4 Å². The number of carbonyl (C=O) groups excluding carboxylic acids is 4. The van der Waals surface area contributed by atoms with Crippen molar-refractivity contribution in [3.05, 3.63) is 35.4 Å². The Bertz CT molecular complexity index is 1130. The number of carbonyl (C=O) groups is 5. The molecule has 1 aromatic carbocycles. The van der Waals surface area contributed by atoms with Crippen molar-refractivity contribution in [3.8, 4) is 0 Å². The van der Waals surface area contributed by atoms with E-state index in [1.807, 2.05) is 0 Å². The van der Waals surface area contributed by atoms with Crippen LogP contribution in [0.4, 0.5) is 13.2 Å². The minimum atomic E-state index is -5.08. The third-order valence-electron chi connectivity index (χ3n) is 5.29. The molecule has 0 aromatic heterocycles. The fourth-order valence-corrected chi connectivity index (χ4v) is 3.09. The van der Waals surface area contributed by atoms with Crippen LogP contribution in [0.15, 0.2) is 24.3 Å². The summed E-state index contributed by atoms with van der Waals surface area (Å²) in [6, 6.07) is 3.87. The average Bonchev–Trinajstić information content (AvgIpc) is 2.91. The Labute approximate surface area is 237 Å². The highest BCUT2D eigenvalue weighted by molar-refractivity contribution is 6.02. The summed E-state index contributed by atoms with van der Waals surface area (Å²) in [7, 11) is 1.36. The highest BCUT2D eigenvalue weighted by Crippen LogP contribution is 2.13. The largest absolute Gasteiger partial charge is 0.490 e. The zero-order valence-electron chi connectivity index (χ0n) is 22.4. The minimum absolute atomic E-state index is 0.0173. The predicted molar refractivity (Wildman–Crippen MR) is 142 cm³/mol. The van der Waals surface area contributed by atoms with Gasteiger partial charge in [0.15, 0.2) is 5.96 Å². The lowest BCUT2D eigenvalue weighted by molar-refractivity contribution is -0.192. The quantitative estimate of drug-likeness (QED) is 0.0448. The summed E-state index contributed by atoms with van der Waals surface area (Å²) in [6.07, 6.45) is -4.62. The molecule has 1 rings (SSSR count). The van der Waals surface area contributed by atoms with Crippen molar-refractivity contribution in [1.82, 2.24) is 21.3 Å². The Hall–Kier alpha value is -4.94. The van der Waals surface area contributed by atoms with Crippen LogP contribution in [0.1, 0.15) is 24.0 Å². The van der Waals surface area contributed by atoms with E-state index >= 15 is 0 Å². The predicted octanol–water partition coefficient (Wildman–Crippen LogP) is -2.78. The zero-order chi connectivity index (χ0) is 32.6. The molecule has 0 fully saturated rings. The van der Waals surface area contributed by atoms with Crippen LogP contribution >= 0.6 is 0 Å². The Morgan fingerprint density at radius 3 is 1.86 bits per heavy atom.